The molecule has 0 aliphatic heterocycles. The van der Waals surface area contributed by atoms with Crippen molar-refractivity contribution in [2.24, 2.45) is 0 Å². The molecule has 1 aliphatic rings. The fourth-order valence-electron chi connectivity index (χ4n) is 2.05. The van der Waals surface area contributed by atoms with Gasteiger partial charge >= 0.3 is 5.97 Å². The molecule has 1 aromatic carbocycles. The Kier molecular flexibility index (Phi) is 4.22. The zero-order valence-electron chi connectivity index (χ0n) is 11.1. The standard InChI is InChI=1S/C14H16FNO4/c1-20-12-5-2-9(6-11(12)15)7-13(17)16(8-14(18)19)10-3-4-10/h2,5-6,10H,3-4,7-8H2,1H3,(H,18,19). The minimum atomic E-state index is -1.04. The van der Waals surface area contributed by atoms with Gasteiger partial charge in [-0.15, -0.1) is 0 Å². The smallest absolute Gasteiger partial charge is 0.323 e. The third-order valence-corrected chi connectivity index (χ3v) is 3.19. The number of ether oxygens (including phenoxy) is 1. The first kappa shape index (κ1) is 14.3. The Hall–Kier alpha value is -2.11. The molecule has 0 radical (unpaired) electrons. The monoisotopic (exact) mass is 281 g/mol. The molecule has 0 atom stereocenters. The summed E-state index contributed by atoms with van der Waals surface area (Å²) in [6, 6.07) is 4.31. The van der Waals surface area contributed by atoms with Crippen molar-refractivity contribution < 1.29 is 23.8 Å². The summed E-state index contributed by atoms with van der Waals surface area (Å²) in [5.41, 5.74) is 0.504. The third kappa shape index (κ3) is 3.46. The van der Waals surface area contributed by atoms with E-state index in [1.165, 1.54) is 24.1 Å². The van der Waals surface area contributed by atoms with Crippen molar-refractivity contribution in [3.63, 3.8) is 0 Å². The molecule has 1 saturated carbocycles. The van der Waals surface area contributed by atoms with Crippen molar-refractivity contribution in [2.45, 2.75) is 25.3 Å². The van der Waals surface area contributed by atoms with Gasteiger partial charge in [-0.1, -0.05) is 6.07 Å². The first-order valence-corrected chi connectivity index (χ1v) is 6.35. The van der Waals surface area contributed by atoms with Gasteiger partial charge in [0.05, 0.1) is 13.5 Å². The Balaban J connectivity index is 2.05. The van der Waals surface area contributed by atoms with Gasteiger partial charge in [-0.25, -0.2) is 4.39 Å². The van der Waals surface area contributed by atoms with Crippen LogP contribution in [0.2, 0.25) is 0 Å². The van der Waals surface area contributed by atoms with Gasteiger partial charge in [0.2, 0.25) is 5.91 Å². The van der Waals surface area contributed by atoms with Crippen LogP contribution in [0.15, 0.2) is 18.2 Å². The first-order valence-electron chi connectivity index (χ1n) is 6.35. The molecule has 108 valence electrons. The van der Waals surface area contributed by atoms with E-state index in [-0.39, 0.29) is 30.7 Å². The molecule has 1 amide bonds. The van der Waals surface area contributed by atoms with Gasteiger partial charge in [-0.3, -0.25) is 9.59 Å². The molecular weight excluding hydrogens is 265 g/mol. The molecule has 1 aromatic rings. The van der Waals surface area contributed by atoms with E-state index in [0.717, 1.165) is 12.8 Å². The number of methoxy groups -OCH3 is 1. The third-order valence-electron chi connectivity index (χ3n) is 3.19. The van der Waals surface area contributed by atoms with E-state index in [1.54, 1.807) is 6.07 Å². The van der Waals surface area contributed by atoms with Gasteiger partial charge in [-0.2, -0.15) is 0 Å². The highest BCUT2D eigenvalue weighted by molar-refractivity contribution is 5.83. The van der Waals surface area contributed by atoms with Crippen LogP contribution in [-0.4, -0.2) is 41.6 Å². The molecule has 20 heavy (non-hydrogen) atoms. The topological polar surface area (TPSA) is 66.8 Å². The number of hydrogen-bond donors (Lipinski definition) is 1. The number of carbonyl (C=O) groups excluding carboxylic acids is 1. The minimum Gasteiger partial charge on any atom is -0.494 e. The molecule has 1 N–H and O–H groups in total. The van der Waals surface area contributed by atoms with Gasteiger partial charge in [0.1, 0.15) is 6.54 Å². The second-order valence-corrected chi connectivity index (χ2v) is 4.79. The molecule has 0 saturated heterocycles. The predicted molar refractivity (Wildman–Crippen MR) is 69.0 cm³/mol. The normalized spacial score (nSPS) is 13.9. The van der Waals surface area contributed by atoms with Gasteiger partial charge in [-0.05, 0) is 30.5 Å². The quantitative estimate of drug-likeness (QED) is 0.857. The summed E-state index contributed by atoms with van der Waals surface area (Å²) in [7, 11) is 1.37. The van der Waals surface area contributed by atoms with Crippen LogP contribution in [0.4, 0.5) is 4.39 Å². The highest BCUT2D eigenvalue weighted by Gasteiger charge is 2.33. The lowest BCUT2D eigenvalue weighted by atomic mass is 10.1. The molecule has 1 fully saturated rings. The Labute approximate surface area is 116 Å². The maximum Gasteiger partial charge on any atom is 0.323 e. The average molecular weight is 281 g/mol. The molecule has 0 bridgehead atoms. The van der Waals surface area contributed by atoms with Gasteiger partial charge < -0.3 is 14.7 Å². The fourth-order valence-corrected chi connectivity index (χ4v) is 2.05. The Bertz CT molecular complexity index is 528. The highest BCUT2D eigenvalue weighted by Crippen LogP contribution is 2.27. The van der Waals surface area contributed by atoms with Crippen molar-refractivity contribution >= 4 is 11.9 Å². The van der Waals surface area contributed by atoms with Crippen LogP contribution in [0.5, 0.6) is 5.75 Å². The summed E-state index contributed by atoms with van der Waals surface area (Å²) in [6.45, 7) is -0.303. The Morgan fingerprint density at radius 2 is 2.15 bits per heavy atom. The molecule has 6 heteroatoms. The summed E-state index contributed by atoms with van der Waals surface area (Å²) in [5.74, 6) is -1.74. The number of nitrogens with zero attached hydrogens (tertiary/aromatic N) is 1. The van der Waals surface area contributed by atoms with E-state index in [9.17, 15) is 14.0 Å². The molecular formula is C14H16FNO4. The van der Waals surface area contributed by atoms with E-state index in [0.29, 0.717) is 5.56 Å². The SMILES string of the molecule is COc1ccc(CC(=O)N(CC(=O)O)C2CC2)cc1F. The summed E-state index contributed by atoms with van der Waals surface area (Å²) in [6.07, 6.45) is 1.65. The van der Waals surface area contributed by atoms with Crippen molar-refractivity contribution in [1.82, 2.24) is 4.90 Å². The second kappa shape index (κ2) is 5.90. The fraction of sp³-hybridized carbons (Fsp3) is 0.429. The van der Waals surface area contributed by atoms with E-state index >= 15 is 0 Å². The maximum atomic E-state index is 13.5. The molecule has 0 aromatic heterocycles. The second-order valence-electron chi connectivity index (χ2n) is 4.79. The summed E-state index contributed by atoms with van der Waals surface area (Å²) in [5, 5.41) is 8.82. The number of carboxylic acids is 1. The van der Waals surface area contributed by atoms with Crippen LogP contribution < -0.4 is 4.74 Å². The molecule has 0 heterocycles. The lowest BCUT2D eigenvalue weighted by molar-refractivity contribution is -0.144. The van der Waals surface area contributed by atoms with Crippen LogP contribution >= 0.6 is 0 Å². The molecule has 0 spiro atoms. The van der Waals surface area contributed by atoms with Gasteiger partial charge in [0.25, 0.3) is 0 Å². The lowest BCUT2D eigenvalue weighted by Crippen LogP contribution is -2.38. The molecule has 2 rings (SSSR count). The van der Waals surface area contributed by atoms with Crippen LogP contribution in [0, 0.1) is 5.82 Å². The first-order chi connectivity index (χ1) is 9.51. The average Bonchev–Trinajstić information content (AvgIpc) is 3.20. The van der Waals surface area contributed by atoms with Gasteiger partial charge in [0.15, 0.2) is 11.6 Å². The van der Waals surface area contributed by atoms with E-state index < -0.39 is 11.8 Å². The highest BCUT2D eigenvalue weighted by atomic mass is 19.1. The van der Waals surface area contributed by atoms with Crippen LogP contribution in [0.25, 0.3) is 0 Å². The van der Waals surface area contributed by atoms with Gasteiger partial charge in [0, 0.05) is 6.04 Å². The summed E-state index contributed by atoms with van der Waals surface area (Å²) in [4.78, 5) is 24.2. The number of hydrogen-bond acceptors (Lipinski definition) is 3. The molecule has 1 aliphatic carbocycles. The van der Waals surface area contributed by atoms with Crippen molar-refractivity contribution in [3.05, 3.63) is 29.6 Å². The number of carboxylic acid groups (broad SMARTS) is 1. The van der Waals surface area contributed by atoms with Crippen LogP contribution in [0.3, 0.4) is 0 Å². The Morgan fingerprint density at radius 3 is 2.65 bits per heavy atom. The minimum absolute atomic E-state index is 0.00923. The maximum absolute atomic E-state index is 13.5. The molecule has 5 nitrogen and oxygen atoms in total. The van der Waals surface area contributed by atoms with Crippen molar-refractivity contribution in [1.29, 1.82) is 0 Å². The van der Waals surface area contributed by atoms with Crippen LogP contribution in [-0.2, 0) is 16.0 Å². The van der Waals surface area contributed by atoms with Crippen LogP contribution in [0.1, 0.15) is 18.4 Å². The zero-order valence-corrected chi connectivity index (χ0v) is 11.1. The number of aliphatic carboxylic acids is 1. The van der Waals surface area contributed by atoms with E-state index in [1.807, 2.05) is 0 Å². The summed E-state index contributed by atoms with van der Waals surface area (Å²) >= 11 is 0. The lowest BCUT2D eigenvalue weighted by Gasteiger charge is -2.20. The number of carbonyl (C=O) groups is 2. The number of halogens is 1. The zero-order chi connectivity index (χ0) is 14.7. The number of rotatable bonds is 6. The van der Waals surface area contributed by atoms with Crippen molar-refractivity contribution in [2.75, 3.05) is 13.7 Å². The largest absolute Gasteiger partial charge is 0.494 e. The molecule has 0 unspecified atom stereocenters. The number of benzene rings is 1. The van der Waals surface area contributed by atoms with E-state index in [2.05, 4.69) is 0 Å². The Morgan fingerprint density at radius 1 is 1.45 bits per heavy atom. The summed E-state index contributed by atoms with van der Waals surface area (Å²) < 4.78 is 18.3. The van der Waals surface area contributed by atoms with Crippen molar-refractivity contribution in [3.8, 4) is 5.75 Å². The number of amides is 1. The van der Waals surface area contributed by atoms with E-state index in [4.69, 9.17) is 9.84 Å². The predicted octanol–water partition coefficient (Wildman–Crippen LogP) is 1.45.